The van der Waals surface area contributed by atoms with Gasteiger partial charge in [-0.1, -0.05) is 30.3 Å². The predicted octanol–water partition coefficient (Wildman–Crippen LogP) is 4.53. The minimum absolute atomic E-state index is 0.526. The monoisotopic (exact) mass is 345 g/mol. The van der Waals surface area contributed by atoms with Crippen LogP contribution in [0.5, 0.6) is 0 Å². The van der Waals surface area contributed by atoms with Gasteiger partial charge in [-0.3, -0.25) is 0 Å². The van der Waals surface area contributed by atoms with Gasteiger partial charge in [0.25, 0.3) is 0 Å². The average Bonchev–Trinajstić information content (AvgIpc) is 2.89. The van der Waals surface area contributed by atoms with Crippen molar-refractivity contribution in [1.82, 2.24) is 9.97 Å². The first-order valence-corrected chi connectivity index (χ1v) is 7.71. The van der Waals surface area contributed by atoms with Gasteiger partial charge in [0, 0.05) is 11.1 Å². The fraction of sp³-hybridized carbons (Fsp3) is 0.0667. The van der Waals surface area contributed by atoms with E-state index in [1.807, 2.05) is 49.4 Å². The van der Waals surface area contributed by atoms with Gasteiger partial charge < -0.3 is 5.73 Å². The first-order valence-electron chi connectivity index (χ1n) is 6.10. The Labute approximate surface area is 129 Å². The summed E-state index contributed by atoms with van der Waals surface area (Å²) in [7, 11) is 0. The van der Waals surface area contributed by atoms with Gasteiger partial charge in [0.1, 0.15) is 5.82 Å². The van der Waals surface area contributed by atoms with E-state index in [1.54, 1.807) is 11.3 Å². The van der Waals surface area contributed by atoms with Crippen LogP contribution in [0.1, 0.15) is 5.56 Å². The molecule has 5 heteroatoms. The lowest BCUT2D eigenvalue weighted by Crippen LogP contribution is -2.01. The predicted molar refractivity (Wildman–Crippen MR) is 87.6 cm³/mol. The van der Waals surface area contributed by atoms with Crippen LogP contribution >= 0.6 is 27.3 Å². The number of nitrogens with zero attached hydrogens (tertiary/aromatic N) is 2. The molecule has 1 aromatic carbocycles. The van der Waals surface area contributed by atoms with Crippen LogP contribution < -0.4 is 5.73 Å². The van der Waals surface area contributed by atoms with E-state index in [-0.39, 0.29) is 0 Å². The molecule has 0 aliphatic carbocycles. The second kappa shape index (κ2) is 5.34. The van der Waals surface area contributed by atoms with Crippen LogP contribution in [0.4, 0.5) is 5.82 Å². The molecule has 100 valence electrons. The number of anilines is 1. The number of hydrogen-bond acceptors (Lipinski definition) is 4. The molecule has 3 nitrogen and oxygen atoms in total. The van der Waals surface area contributed by atoms with Crippen molar-refractivity contribution in [2.75, 3.05) is 5.73 Å². The lowest BCUT2D eigenvalue weighted by Gasteiger charge is -2.09. The number of hydrogen-bond donors (Lipinski definition) is 1. The van der Waals surface area contributed by atoms with Crippen molar-refractivity contribution < 1.29 is 0 Å². The third-order valence-corrected chi connectivity index (χ3v) is 4.64. The van der Waals surface area contributed by atoms with Gasteiger partial charge in [0.2, 0.25) is 0 Å². The highest BCUT2D eigenvalue weighted by molar-refractivity contribution is 9.11. The molecule has 3 rings (SSSR count). The molecule has 0 amide bonds. The molecule has 2 aromatic heterocycles. The second-order valence-corrected chi connectivity index (χ2v) is 6.84. The molecule has 0 aliphatic rings. The Balaban J connectivity index is 2.18. The van der Waals surface area contributed by atoms with Crippen molar-refractivity contribution in [3.8, 4) is 22.0 Å². The van der Waals surface area contributed by atoms with Crippen LogP contribution in [-0.4, -0.2) is 9.97 Å². The summed E-state index contributed by atoms with van der Waals surface area (Å²) < 4.78 is 1.05. The zero-order valence-electron chi connectivity index (χ0n) is 10.8. The Hall–Kier alpha value is -1.72. The molecular formula is C15H12BrN3S. The normalized spacial score (nSPS) is 10.7. The highest BCUT2D eigenvalue weighted by atomic mass is 79.9. The van der Waals surface area contributed by atoms with Gasteiger partial charge in [-0.2, -0.15) is 0 Å². The molecule has 2 N–H and O–H groups in total. The SMILES string of the molecule is Cc1c(N)nc(-c2ccc(Br)s2)nc1-c1ccccc1. The molecule has 0 aliphatic heterocycles. The van der Waals surface area contributed by atoms with E-state index in [4.69, 9.17) is 5.73 Å². The van der Waals surface area contributed by atoms with Crippen molar-refractivity contribution in [1.29, 1.82) is 0 Å². The minimum atomic E-state index is 0.526. The molecule has 0 fully saturated rings. The van der Waals surface area contributed by atoms with E-state index < -0.39 is 0 Å². The topological polar surface area (TPSA) is 51.8 Å². The Morgan fingerprint density at radius 1 is 1.05 bits per heavy atom. The van der Waals surface area contributed by atoms with Crippen molar-refractivity contribution in [3.05, 3.63) is 51.8 Å². The summed E-state index contributed by atoms with van der Waals surface area (Å²) >= 11 is 5.05. The lowest BCUT2D eigenvalue weighted by atomic mass is 10.1. The average molecular weight is 346 g/mol. The molecule has 3 aromatic rings. The number of rotatable bonds is 2. The number of nitrogens with two attached hydrogens (primary N) is 1. The highest BCUT2D eigenvalue weighted by Gasteiger charge is 2.13. The third-order valence-electron chi connectivity index (χ3n) is 3.02. The second-order valence-electron chi connectivity index (χ2n) is 4.38. The van der Waals surface area contributed by atoms with Crippen molar-refractivity contribution in [2.45, 2.75) is 6.92 Å². The van der Waals surface area contributed by atoms with Gasteiger partial charge in [-0.15, -0.1) is 11.3 Å². The Bertz CT molecular complexity index is 753. The quantitative estimate of drug-likeness (QED) is 0.742. The summed E-state index contributed by atoms with van der Waals surface area (Å²) in [6.45, 7) is 1.95. The maximum Gasteiger partial charge on any atom is 0.172 e. The Kier molecular flexibility index (Phi) is 3.54. The molecule has 0 spiro atoms. The molecule has 20 heavy (non-hydrogen) atoms. The van der Waals surface area contributed by atoms with Crippen LogP contribution in [0.25, 0.3) is 22.0 Å². The van der Waals surface area contributed by atoms with Gasteiger partial charge in [0.05, 0.1) is 14.4 Å². The maximum atomic E-state index is 6.04. The largest absolute Gasteiger partial charge is 0.383 e. The van der Waals surface area contributed by atoms with Gasteiger partial charge in [-0.05, 0) is 35.0 Å². The summed E-state index contributed by atoms with van der Waals surface area (Å²) in [6.07, 6.45) is 0. The lowest BCUT2D eigenvalue weighted by molar-refractivity contribution is 1.16. The molecule has 0 bridgehead atoms. The van der Waals surface area contributed by atoms with E-state index >= 15 is 0 Å². The smallest absolute Gasteiger partial charge is 0.172 e. The fourth-order valence-corrected chi connectivity index (χ4v) is 3.28. The van der Waals surface area contributed by atoms with Crippen LogP contribution in [0.3, 0.4) is 0 Å². The molecule has 0 saturated carbocycles. The van der Waals surface area contributed by atoms with Gasteiger partial charge in [-0.25, -0.2) is 9.97 Å². The minimum Gasteiger partial charge on any atom is -0.383 e. The van der Waals surface area contributed by atoms with Crippen LogP contribution in [0.15, 0.2) is 46.3 Å². The van der Waals surface area contributed by atoms with E-state index in [2.05, 4.69) is 25.9 Å². The van der Waals surface area contributed by atoms with E-state index in [9.17, 15) is 0 Å². The Morgan fingerprint density at radius 3 is 2.45 bits per heavy atom. The first kappa shape index (κ1) is 13.3. The summed E-state index contributed by atoms with van der Waals surface area (Å²) in [4.78, 5) is 10.1. The number of halogens is 1. The fourth-order valence-electron chi connectivity index (χ4n) is 1.96. The number of benzene rings is 1. The molecule has 2 heterocycles. The van der Waals surface area contributed by atoms with E-state index in [0.717, 1.165) is 25.5 Å². The van der Waals surface area contributed by atoms with Crippen molar-refractivity contribution in [3.63, 3.8) is 0 Å². The summed E-state index contributed by atoms with van der Waals surface area (Å²) in [5.41, 5.74) is 8.90. The van der Waals surface area contributed by atoms with Crippen LogP contribution in [0, 0.1) is 6.92 Å². The summed E-state index contributed by atoms with van der Waals surface area (Å²) in [5, 5.41) is 0. The molecule has 0 radical (unpaired) electrons. The van der Waals surface area contributed by atoms with Crippen LogP contribution in [0.2, 0.25) is 0 Å². The standard InChI is InChI=1S/C15H12BrN3S/c1-9-13(10-5-3-2-4-6-10)18-15(19-14(9)17)11-7-8-12(16)20-11/h2-8H,1H3,(H2,17,18,19). The van der Waals surface area contributed by atoms with Gasteiger partial charge >= 0.3 is 0 Å². The van der Waals surface area contributed by atoms with Crippen molar-refractivity contribution in [2.24, 2.45) is 0 Å². The molecule has 0 unspecified atom stereocenters. The first-order chi connectivity index (χ1) is 9.65. The van der Waals surface area contributed by atoms with E-state index in [1.165, 1.54) is 0 Å². The van der Waals surface area contributed by atoms with E-state index in [0.29, 0.717) is 11.6 Å². The Morgan fingerprint density at radius 2 is 1.80 bits per heavy atom. The maximum absolute atomic E-state index is 6.04. The van der Waals surface area contributed by atoms with Crippen LogP contribution in [-0.2, 0) is 0 Å². The highest BCUT2D eigenvalue weighted by Crippen LogP contribution is 2.32. The van der Waals surface area contributed by atoms with Gasteiger partial charge in [0.15, 0.2) is 5.82 Å². The number of nitrogen functional groups attached to an aromatic ring is 1. The molecule has 0 atom stereocenters. The molecular weight excluding hydrogens is 334 g/mol. The summed E-state index contributed by atoms with van der Waals surface area (Å²) in [5.74, 6) is 1.20. The van der Waals surface area contributed by atoms with Crippen molar-refractivity contribution >= 4 is 33.1 Å². The number of aromatic nitrogens is 2. The zero-order chi connectivity index (χ0) is 14.1. The molecule has 0 saturated heterocycles. The number of thiophene rings is 1. The summed E-state index contributed by atoms with van der Waals surface area (Å²) in [6, 6.07) is 14.0. The zero-order valence-corrected chi connectivity index (χ0v) is 13.2. The third kappa shape index (κ3) is 2.46.